The van der Waals surface area contributed by atoms with Gasteiger partial charge in [0.1, 0.15) is 0 Å². The largest absolute Gasteiger partial charge is 0.381 e. The van der Waals surface area contributed by atoms with Crippen molar-refractivity contribution in [3.05, 3.63) is 11.7 Å². The average Bonchev–Trinajstić information content (AvgIpc) is 2.76. The van der Waals surface area contributed by atoms with Crippen molar-refractivity contribution in [3.63, 3.8) is 0 Å². The third-order valence-corrected chi connectivity index (χ3v) is 2.08. The number of ether oxygens (including phenoxy) is 1. The number of aldehydes is 1. The molecule has 1 aliphatic heterocycles. The van der Waals surface area contributed by atoms with Crippen LogP contribution in [0.4, 0.5) is 0 Å². The number of hydrogen-bond acceptors (Lipinski definition) is 5. The fourth-order valence-electron chi connectivity index (χ4n) is 1.39. The Morgan fingerprint density at radius 3 is 3.15 bits per heavy atom. The predicted molar refractivity (Wildman–Crippen MR) is 42.3 cm³/mol. The Hall–Kier alpha value is -1.23. The standard InChI is InChI=1S/C8H10N2O3/c11-4-7-9-8(13-10-7)3-6-1-2-12-5-6/h4,6H,1-3,5H2. The molecule has 13 heavy (non-hydrogen) atoms. The summed E-state index contributed by atoms with van der Waals surface area (Å²) in [6.07, 6.45) is 2.32. The Morgan fingerprint density at radius 2 is 2.54 bits per heavy atom. The number of carbonyl (C=O) groups is 1. The second-order valence-corrected chi connectivity index (χ2v) is 3.10. The second-order valence-electron chi connectivity index (χ2n) is 3.10. The summed E-state index contributed by atoms with van der Waals surface area (Å²) in [4.78, 5) is 14.1. The van der Waals surface area contributed by atoms with E-state index in [4.69, 9.17) is 9.26 Å². The highest BCUT2D eigenvalue weighted by Crippen LogP contribution is 2.16. The molecule has 0 amide bonds. The Kier molecular flexibility index (Phi) is 2.35. The summed E-state index contributed by atoms with van der Waals surface area (Å²) in [7, 11) is 0. The molecule has 2 heterocycles. The van der Waals surface area contributed by atoms with E-state index in [0.717, 1.165) is 19.6 Å². The molecule has 1 aromatic heterocycles. The molecule has 0 N–H and O–H groups in total. The Labute approximate surface area is 75.1 Å². The Bertz CT molecular complexity index is 291. The van der Waals surface area contributed by atoms with Crippen LogP contribution in [0, 0.1) is 5.92 Å². The van der Waals surface area contributed by atoms with Crippen molar-refractivity contribution in [3.8, 4) is 0 Å². The van der Waals surface area contributed by atoms with E-state index in [1.54, 1.807) is 0 Å². The lowest BCUT2D eigenvalue weighted by atomic mass is 10.1. The SMILES string of the molecule is O=Cc1noc(CC2CCOC2)n1. The minimum Gasteiger partial charge on any atom is -0.381 e. The average molecular weight is 182 g/mol. The summed E-state index contributed by atoms with van der Waals surface area (Å²) in [6.45, 7) is 1.55. The summed E-state index contributed by atoms with van der Waals surface area (Å²) in [5, 5.41) is 3.48. The first-order valence-corrected chi connectivity index (χ1v) is 4.24. The molecule has 1 saturated heterocycles. The van der Waals surface area contributed by atoms with Crippen molar-refractivity contribution in [2.45, 2.75) is 12.8 Å². The van der Waals surface area contributed by atoms with E-state index in [9.17, 15) is 4.79 Å². The molecule has 0 radical (unpaired) electrons. The first-order chi connectivity index (χ1) is 6.38. The van der Waals surface area contributed by atoms with E-state index in [0.29, 0.717) is 24.5 Å². The van der Waals surface area contributed by atoms with Gasteiger partial charge in [0.25, 0.3) is 0 Å². The number of aromatic nitrogens is 2. The van der Waals surface area contributed by atoms with Crippen LogP contribution in [0.2, 0.25) is 0 Å². The van der Waals surface area contributed by atoms with Crippen molar-refractivity contribution in [2.24, 2.45) is 5.92 Å². The second kappa shape index (κ2) is 3.66. The number of carbonyl (C=O) groups excluding carboxylic acids is 1. The van der Waals surface area contributed by atoms with Crippen LogP contribution in [0.3, 0.4) is 0 Å². The molecule has 1 aliphatic rings. The molecule has 5 heteroatoms. The number of rotatable bonds is 3. The lowest BCUT2D eigenvalue weighted by Gasteiger charge is -2.00. The summed E-state index contributed by atoms with van der Waals surface area (Å²) in [6, 6.07) is 0. The summed E-state index contributed by atoms with van der Waals surface area (Å²) in [5.41, 5.74) is 0. The molecule has 0 aliphatic carbocycles. The van der Waals surface area contributed by atoms with E-state index in [2.05, 4.69) is 10.1 Å². The monoisotopic (exact) mass is 182 g/mol. The predicted octanol–water partition coefficient (Wildman–Crippen LogP) is 0.461. The molecular weight excluding hydrogens is 172 g/mol. The van der Waals surface area contributed by atoms with Crippen molar-refractivity contribution >= 4 is 6.29 Å². The Balaban J connectivity index is 1.96. The maximum absolute atomic E-state index is 10.2. The van der Waals surface area contributed by atoms with Crippen LogP contribution in [0.25, 0.3) is 0 Å². The fraction of sp³-hybridized carbons (Fsp3) is 0.625. The molecule has 1 fully saturated rings. The lowest BCUT2D eigenvalue weighted by Crippen LogP contribution is -2.03. The normalized spacial score (nSPS) is 22.0. The summed E-state index contributed by atoms with van der Waals surface area (Å²) < 4.78 is 10.1. The van der Waals surface area contributed by atoms with Crippen LogP contribution in [-0.2, 0) is 11.2 Å². The summed E-state index contributed by atoms with van der Waals surface area (Å²) in [5.74, 6) is 1.10. The molecule has 0 aromatic carbocycles. The molecule has 1 unspecified atom stereocenters. The third-order valence-electron chi connectivity index (χ3n) is 2.08. The van der Waals surface area contributed by atoms with E-state index in [1.165, 1.54) is 0 Å². The van der Waals surface area contributed by atoms with Gasteiger partial charge in [-0.25, -0.2) is 0 Å². The molecule has 2 rings (SSSR count). The van der Waals surface area contributed by atoms with Gasteiger partial charge in [0, 0.05) is 19.6 Å². The smallest absolute Gasteiger partial charge is 0.235 e. The van der Waals surface area contributed by atoms with Crippen LogP contribution >= 0.6 is 0 Å². The van der Waals surface area contributed by atoms with Crippen molar-refractivity contribution in [1.82, 2.24) is 10.1 Å². The first-order valence-electron chi connectivity index (χ1n) is 4.24. The van der Waals surface area contributed by atoms with Crippen molar-refractivity contribution in [2.75, 3.05) is 13.2 Å². The maximum Gasteiger partial charge on any atom is 0.235 e. The first kappa shape index (κ1) is 8.37. The van der Waals surface area contributed by atoms with Gasteiger partial charge in [-0.2, -0.15) is 4.98 Å². The van der Waals surface area contributed by atoms with Gasteiger partial charge in [0.15, 0.2) is 6.29 Å². The zero-order valence-corrected chi connectivity index (χ0v) is 7.10. The van der Waals surface area contributed by atoms with Gasteiger partial charge in [-0.15, -0.1) is 0 Å². The van der Waals surface area contributed by atoms with E-state index >= 15 is 0 Å². The summed E-state index contributed by atoms with van der Waals surface area (Å²) >= 11 is 0. The van der Waals surface area contributed by atoms with Gasteiger partial charge in [0.2, 0.25) is 11.7 Å². The minimum absolute atomic E-state index is 0.119. The quantitative estimate of drug-likeness (QED) is 0.635. The molecular formula is C8H10N2O3. The van der Waals surface area contributed by atoms with Crippen LogP contribution in [-0.4, -0.2) is 29.6 Å². The maximum atomic E-state index is 10.2. The molecule has 5 nitrogen and oxygen atoms in total. The van der Waals surface area contributed by atoms with Crippen molar-refractivity contribution in [1.29, 1.82) is 0 Å². The highest BCUT2D eigenvalue weighted by Gasteiger charge is 2.19. The van der Waals surface area contributed by atoms with Gasteiger partial charge >= 0.3 is 0 Å². The van der Waals surface area contributed by atoms with Crippen LogP contribution in [0.15, 0.2) is 4.52 Å². The van der Waals surface area contributed by atoms with E-state index < -0.39 is 0 Å². The van der Waals surface area contributed by atoms with E-state index in [1.807, 2.05) is 0 Å². The molecule has 0 spiro atoms. The lowest BCUT2D eigenvalue weighted by molar-refractivity contribution is 0.111. The van der Waals surface area contributed by atoms with Crippen molar-refractivity contribution < 1.29 is 14.1 Å². The Morgan fingerprint density at radius 1 is 1.62 bits per heavy atom. The third kappa shape index (κ3) is 1.92. The van der Waals surface area contributed by atoms with Crippen LogP contribution in [0.5, 0.6) is 0 Å². The zero-order valence-electron chi connectivity index (χ0n) is 7.10. The fourth-order valence-corrected chi connectivity index (χ4v) is 1.39. The highest BCUT2D eigenvalue weighted by molar-refractivity contribution is 5.68. The van der Waals surface area contributed by atoms with Crippen LogP contribution < -0.4 is 0 Å². The molecule has 1 atom stereocenters. The molecule has 0 saturated carbocycles. The highest BCUT2D eigenvalue weighted by atomic mass is 16.5. The molecule has 0 bridgehead atoms. The van der Waals surface area contributed by atoms with Gasteiger partial charge in [0.05, 0.1) is 0 Å². The van der Waals surface area contributed by atoms with E-state index in [-0.39, 0.29) is 5.82 Å². The number of nitrogens with zero attached hydrogens (tertiary/aromatic N) is 2. The minimum atomic E-state index is 0.119. The van der Waals surface area contributed by atoms with Crippen LogP contribution in [0.1, 0.15) is 22.9 Å². The zero-order chi connectivity index (χ0) is 9.10. The topological polar surface area (TPSA) is 65.2 Å². The van der Waals surface area contributed by atoms with Gasteiger partial charge in [-0.05, 0) is 12.3 Å². The molecule has 1 aromatic rings. The van der Waals surface area contributed by atoms with Gasteiger partial charge in [-0.1, -0.05) is 5.16 Å². The van der Waals surface area contributed by atoms with Gasteiger partial charge in [-0.3, -0.25) is 4.79 Å². The molecule has 70 valence electrons. The van der Waals surface area contributed by atoms with Gasteiger partial charge < -0.3 is 9.26 Å². The number of hydrogen-bond donors (Lipinski definition) is 0.